The molecule has 1 aliphatic rings. The van der Waals surface area contributed by atoms with Gasteiger partial charge in [-0.05, 0) is 19.8 Å². The summed E-state index contributed by atoms with van der Waals surface area (Å²) in [4.78, 5) is 10.5. The van der Waals surface area contributed by atoms with Crippen LogP contribution in [-0.2, 0) is 4.79 Å². The van der Waals surface area contributed by atoms with E-state index in [9.17, 15) is 13.6 Å². The molecule has 0 spiro atoms. The molecule has 1 rings (SSSR count). The molecule has 0 saturated heterocycles. The normalized spacial score (nSPS) is 24.5. The van der Waals surface area contributed by atoms with Gasteiger partial charge in [-0.2, -0.15) is 0 Å². The average Bonchev–Trinajstić information content (AvgIpc) is 2.08. The number of hydrogen-bond acceptors (Lipinski definition) is 2. The van der Waals surface area contributed by atoms with E-state index >= 15 is 0 Å². The zero-order valence-electron chi connectivity index (χ0n) is 8.09. The highest BCUT2D eigenvalue weighted by Crippen LogP contribution is 2.33. The summed E-state index contributed by atoms with van der Waals surface area (Å²) in [6, 6.07) is -0.743. The van der Waals surface area contributed by atoms with Crippen LogP contribution in [-0.4, -0.2) is 29.1 Å². The lowest BCUT2D eigenvalue weighted by atomic mass is 9.92. The smallest absolute Gasteiger partial charge is 0.320 e. The second kappa shape index (κ2) is 4.21. The monoisotopic (exact) mass is 207 g/mol. The summed E-state index contributed by atoms with van der Waals surface area (Å²) >= 11 is 0. The number of nitrogens with one attached hydrogen (secondary N) is 1. The first-order chi connectivity index (χ1) is 6.41. The van der Waals surface area contributed by atoms with E-state index in [4.69, 9.17) is 5.11 Å². The van der Waals surface area contributed by atoms with E-state index in [0.717, 1.165) is 0 Å². The lowest BCUT2D eigenvalue weighted by Gasteiger charge is -2.30. The molecule has 2 N–H and O–H groups in total. The molecule has 0 aromatic rings. The molecule has 0 radical (unpaired) electrons. The van der Waals surface area contributed by atoms with Crippen molar-refractivity contribution >= 4 is 5.97 Å². The fourth-order valence-electron chi connectivity index (χ4n) is 1.63. The SMILES string of the molecule is CC(NC1CCC(F)(F)CC1)C(=O)O. The number of carbonyl (C=O) groups is 1. The molecule has 1 unspecified atom stereocenters. The zero-order valence-corrected chi connectivity index (χ0v) is 8.09. The Kier molecular flexibility index (Phi) is 3.42. The van der Waals surface area contributed by atoms with Gasteiger partial charge in [-0.15, -0.1) is 0 Å². The summed E-state index contributed by atoms with van der Waals surface area (Å²) in [6.07, 6.45) is 0.420. The lowest BCUT2D eigenvalue weighted by Crippen LogP contribution is -2.44. The van der Waals surface area contributed by atoms with Crippen LogP contribution in [0.5, 0.6) is 0 Å². The van der Waals surface area contributed by atoms with E-state index in [1.807, 2.05) is 0 Å². The van der Waals surface area contributed by atoms with Crippen molar-refractivity contribution in [2.75, 3.05) is 0 Å². The standard InChI is InChI=1S/C9H15F2NO2/c1-6(8(13)14)12-7-2-4-9(10,11)5-3-7/h6-7,12H,2-5H2,1H3,(H,13,14). The zero-order chi connectivity index (χ0) is 10.8. The van der Waals surface area contributed by atoms with Crippen LogP contribution in [0.4, 0.5) is 8.78 Å². The molecule has 14 heavy (non-hydrogen) atoms. The quantitative estimate of drug-likeness (QED) is 0.739. The van der Waals surface area contributed by atoms with E-state index in [1.165, 1.54) is 6.92 Å². The van der Waals surface area contributed by atoms with Crippen LogP contribution >= 0.6 is 0 Å². The maximum absolute atomic E-state index is 12.7. The van der Waals surface area contributed by atoms with Crippen molar-refractivity contribution in [1.82, 2.24) is 5.32 Å². The number of alkyl halides is 2. The Morgan fingerprint density at radius 1 is 1.50 bits per heavy atom. The van der Waals surface area contributed by atoms with E-state index in [1.54, 1.807) is 0 Å². The molecule has 3 nitrogen and oxygen atoms in total. The minimum atomic E-state index is -2.55. The van der Waals surface area contributed by atoms with Gasteiger partial charge in [0.05, 0.1) is 0 Å². The molecule has 1 fully saturated rings. The predicted octanol–water partition coefficient (Wildman–Crippen LogP) is 1.63. The molecule has 0 aromatic carbocycles. The maximum Gasteiger partial charge on any atom is 0.320 e. The fourth-order valence-corrected chi connectivity index (χ4v) is 1.63. The first-order valence-electron chi connectivity index (χ1n) is 4.77. The molecule has 1 saturated carbocycles. The largest absolute Gasteiger partial charge is 0.480 e. The molecule has 82 valence electrons. The van der Waals surface area contributed by atoms with Gasteiger partial charge >= 0.3 is 5.97 Å². The Labute approximate surface area is 81.5 Å². The Morgan fingerprint density at radius 3 is 2.43 bits per heavy atom. The molecular weight excluding hydrogens is 192 g/mol. The van der Waals surface area contributed by atoms with Crippen LogP contribution in [0.3, 0.4) is 0 Å². The predicted molar refractivity (Wildman–Crippen MR) is 47.4 cm³/mol. The van der Waals surface area contributed by atoms with Crippen LogP contribution in [0, 0.1) is 0 Å². The highest BCUT2D eigenvalue weighted by atomic mass is 19.3. The van der Waals surface area contributed by atoms with Gasteiger partial charge in [0.25, 0.3) is 0 Å². The van der Waals surface area contributed by atoms with Gasteiger partial charge in [0.15, 0.2) is 0 Å². The van der Waals surface area contributed by atoms with Gasteiger partial charge in [-0.25, -0.2) is 8.78 Å². The van der Waals surface area contributed by atoms with Crippen molar-refractivity contribution in [3.8, 4) is 0 Å². The molecule has 0 heterocycles. The second-order valence-corrected chi connectivity index (χ2v) is 3.86. The number of halogens is 2. The van der Waals surface area contributed by atoms with Crippen molar-refractivity contribution < 1.29 is 18.7 Å². The van der Waals surface area contributed by atoms with E-state index < -0.39 is 17.9 Å². The maximum atomic E-state index is 12.7. The fraction of sp³-hybridized carbons (Fsp3) is 0.889. The highest BCUT2D eigenvalue weighted by molar-refractivity contribution is 5.72. The molecule has 0 aromatic heterocycles. The summed E-state index contributed by atoms with van der Waals surface area (Å²) in [5, 5.41) is 11.4. The minimum Gasteiger partial charge on any atom is -0.480 e. The Morgan fingerprint density at radius 2 is 2.00 bits per heavy atom. The van der Waals surface area contributed by atoms with Crippen molar-refractivity contribution in [2.24, 2.45) is 0 Å². The Bertz CT molecular complexity index is 211. The number of carboxylic acid groups (broad SMARTS) is 1. The topological polar surface area (TPSA) is 49.3 Å². The summed E-state index contributed by atoms with van der Waals surface area (Å²) in [6.45, 7) is 1.52. The Balaban J connectivity index is 2.32. The third kappa shape index (κ3) is 3.21. The van der Waals surface area contributed by atoms with Crippen molar-refractivity contribution in [3.05, 3.63) is 0 Å². The van der Waals surface area contributed by atoms with E-state index in [-0.39, 0.29) is 18.9 Å². The van der Waals surface area contributed by atoms with Crippen LogP contribution in [0.1, 0.15) is 32.6 Å². The van der Waals surface area contributed by atoms with Gasteiger partial charge < -0.3 is 10.4 Å². The Hall–Kier alpha value is -0.710. The molecule has 1 aliphatic carbocycles. The second-order valence-electron chi connectivity index (χ2n) is 3.86. The minimum absolute atomic E-state index is 0.0827. The van der Waals surface area contributed by atoms with E-state index in [2.05, 4.69) is 5.32 Å². The summed E-state index contributed by atoms with van der Waals surface area (Å²) < 4.78 is 25.5. The number of hydrogen-bond donors (Lipinski definition) is 2. The van der Waals surface area contributed by atoms with Crippen molar-refractivity contribution in [1.29, 1.82) is 0 Å². The summed E-state index contributed by atoms with van der Waals surface area (Å²) in [7, 11) is 0. The van der Waals surface area contributed by atoms with Crippen LogP contribution in [0.2, 0.25) is 0 Å². The van der Waals surface area contributed by atoms with Gasteiger partial charge in [0, 0.05) is 18.9 Å². The van der Waals surface area contributed by atoms with Crippen molar-refractivity contribution in [2.45, 2.75) is 50.6 Å². The molecule has 0 aliphatic heterocycles. The molecular formula is C9H15F2NO2. The summed E-state index contributed by atoms with van der Waals surface area (Å²) in [5.41, 5.74) is 0. The molecule has 5 heteroatoms. The molecule has 0 amide bonds. The van der Waals surface area contributed by atoms with Gasteiger partial charge in [0.2, 0.25) is 5.92 Å². The third-order valence-electron chi connectivity index (χ3n) is 2.57. The number of rotatable bonds is 3. The average molecular weight is 207 g/mol. The van der Waals surface area contributed by atoms with Gasteiger partial charge in [-0.3, -0.25) is 4.79 Å². The first-order valence-corrected chi connectivity index (χ1v) is 4.77. The number of carboxylic acids is 1. The van der Waals surface area contributed by atoms with Crippen LogP contribution in [0.15, 0.2) is 0 Å². The first kappa shape index (κ1) is 11.4. The third-order valence-corrected chi connectivity index (χ3v) is 2.57. The van der Waals surface area contributed by atoms with Gasteiger partial charge in [-0.1, -0.05) is 0 Å². The lowest BCUT2D eigenvalue weighted by molar-refractivity contribution is -0.139. The molecule has 0 bridgehead atoms. The van der Waals surface area contributed by atoms with Crippen LogP contribution in [0.25, 0.3) is 0 Å². The highest BCUT2D eigenvalue weighted by Gasteiger charge is 2.35. The van der Waals surface area contributed by atoms with Crippen LogP contribution < -0.4 is 5.32 Å². The van der Waals surface area contributed by atoms with Crippen molar-refractivity contribution in [3.63, 3.8) is 0 Å². The molecule has 1 atom stereocenters. The summed E-state index contributed by atoms with van der Waals surface area (Å²) in [5.74, 6) is -3.49. The van der Waals surface area contributed by atoms with E-state index in [0.29, 0.717) is 12.8 Å². The van der Waals surface area contributed by atoms with Gasteiger partial charge in [0.1, 0.15) is 6.04 Å². The number of aliphatic carboxylic acids is 1.